The predicted molar refractivity (Wildman–Crippen MR) is 170 cm³/mol. The van der Waals surface area contributed by atoms with E-state index in [9.17, 15) is 10.1 Å². The van der Waals surface area contributed by atoms with E-state index in [1.165, 1.54) is 17.7 Å². The molecule has 0 aliphatic carbocycles. The Labute approximate surface area is 255 Å². The lowest BCUT2D eigenvalue weighted by molar-refractivity contribution is -0.384. The molecule has 0 atom stereocenters. The Kier molecular flexibility index (Phi) is 8.48. The number of nitro groups is 1. The molecular weight excluding hydrogens is 569 g/mol. The fraction of sp³-hybridized carbons (Fsp3) is 0.147. The third kappa shape index (κ3) is 7.08. The molecule has 0 saturated heterocycles. The number of ether oxygens (including phenoxy) is 1. The smallest absolute Gasteiger partial charge is 0.269 e. The SMILES string of the molecule is CC(C)(C)c1ccc(Oc2ccc(/C=C/c3nc(-c4ccc(Cl)cc4Cl)cn3Cc3ccc([N+](=O)[O-])cc3)cc2)cc1. The number of halogens is 2. The number of hydrogen-bond donors (Lipinski definition) is 0. The van der Waals surface area contributed by atoms with Crippen LogP contribution in [0.3, 0.4) is 0 Å². The molecule has 1 aromatic heterocycles. The second-order valence-corrected chi connectivity index (χ2v) is 11.8. The van der Waals surface area contributed by atoms with Crippen molar-refractivity contribution in [2.75, 3.05) is 0 Å². The minimum atomic E-state index is -0.408. The summed E-state index contributed by atoms with van der Waals surface area (Å²) in [4.78, 5) is 15.5. The number of nitro benzene ring substituents is 1. The lowest BCUT2D eigenvalue weighted by Gasteiger charge is -2.19. The van der Waals surface area contributed by atoms with E-state index in [0.717, 1.165) is 28.2 Å². The Morgan fingerprint density at radius 3 is 2.12 bits per heavy atom. The fourth-order valence-electron chi connectivity index (χ4n) is 4.41. The molecule has 0 bridgehead atoms. The first-order chi connectivity index (χ1) is 20.0. The van der Waals surface area contributed by atoms with Crippen LogP contribution in [0.15, 0.2) is 97.2 Å². The van der Waals surface area contributed by atoms with Crippen LogP contribution in [0.1, 0.15) is 43.3 Å². The average molecular weight is 599 g/mol. The van der Waals surface area contributed by atoms with Gasteiger partial charge in [0.25, 0.3) is 5.69 Å². The molecule has 1 heterocycles. The summed E-state index contributed by atoms with van der Waals surface area (Å²) in [6.07, 6.45) is 5.82. The van der Waals surface area contributed by atoms with Crippen molar-refractivity contribution in [3.8, 4) is 22.8 Å². The van der Waals surface area contributed by atoms with Crippen molar-refractivity contribution < 1.29 is 9.66 Å². The van der Waals surface area contributed by atoms with Crippen molar-refractivity contribution in [3.05, 3.63) is 140 Å². The first kappa shape index (κ1) is 29.1. The molecule has 0 N–H and O–H groups in total. The monoisotopic (exact) mass is 597 g/mol. The molecule has 0 saturated carbocycles. The fourth-order valence-corrected chi connectivity index (χ4v) is 4.92. The second-order valence-electron chi connectivity index (χ2n) is 10.9. The Balaban J connectivity index is 1.37. The maximum Gasteiger partial charge on any atom is 0.269 e. The number of rotatable bonds is 8. The van der Waals surface area contributed by atoms with Gasteiger partial charge in [-0.2, -0.15) is 0 Å². The van der Waals surface area contributed by atoms with Gasteiger partial charge in [0.1, 0.15) is 17.3 Å². The highest BCUT2D eigenvalue weighted by Gasteiger charge is 2.14. The number of benzene rings is 4. The molecule has 0 aliphatic rings. The van der Waals surface area contributed by atoms with Crippen LogP contribution in [0.5, 0.6) is 11.5 Å². The van der Waals surface area contributed by atoms with Crippen LogP contribution in [0.2, 0.25) is 10.0 Å². The molecule has 0 fully saturated rings. The average Bonchev–Trinajstić information content (AvgIpc) is 3.34. The van der Waals surface area contributed by atoms with Gasteiger partial charge in [0.15, 0.2) is 0 Å². The van der Waals surface area contributed by atoms with Crippen LogP contribution in [0, 0.1) is 10.1 Å². The molecule has 0 amide bonds. The Morgan fingerprint density at radius 1 is 0.881 bits per heavy atom. The maximum absolute atomic E-state index is 11.1. The summed E-state index contributed by atoms with van der Waals surface area (Å²) in [6.45, 7) is 7.03. The van der Waals surface area contributed by atoms with Gasteiger partial charge in [-0.25, -0.2) is 4.98 Å². The standard InChI is InChI=1S/C34H29Cl2N3O3/c1-34(2,3)25-9-16-29(17-10-25)42-28-14-6-23(7-15-28)8-19-33-37-32(30-18-11-26(35)20-31(30)36)22-38(33)21-24-4-12-27(13-5-24)39(40)41/h4-20,22H,21H2,1-3H3/b19-8+. The van der Waals surface area contributed by atoms with E-state index >= 15 is 0 Å². The summed E-state index contributed by atoms with van der Waals surface area (Å²) in [5, 5.41) is 12.1. The van der Waals surface area contributed by atoms with E-state index in [1.807, 2.05) is 65.4 Å². The van der Waals surface area contributed by atoms with Gasteiger partial charge in [-0.3, -0.25) is 10.1 Å². The van der Waals surface area contributed by atoms with E-state index in [0.29, 0.717) is 28.1 Å². The van der Waals surface area contributed by atoms with Crippen molar-refractivity contribution in [1.82, 2.24) is 9.55 Å². The highest BCUT2D eigenvalue weighted by atomic mass is 35.5. The lowest BCUT2D eigenvalue weighted by atomic mass is 9.87. The van der Waals surface area contributed by atoms with Gasteiger partial charge in [0, 0.05) is 35.5 Å². The maximum atomic E-state index is 11.1. The topological polar surface area (TPSA) is 70.2 Å². The first-order valence-corrected chi connectivity index (χ1v) is 14.1. The van der Waals surface area contributed by atoms with Crippen LogP contribution in [0.25, 0.3) is 23.4 Å². The van der Waals surface area contributed by atoms with Crippen molar-refractivity contribution in [2.45, 2.75) is 32.7 Å². The number of non-ortho nitro benzene ring substituents is 1. The molecule has 6 nitrogen and oxygen atoms in total. The van der Waals surface area contributed by atoms with Crippen LogP contribution in [0.4, 0.5) is 5.69 Å². The molecule has 42 heavy (non-hydrogen) atoms. The first-order valence-electron chi connectivity index (χ1n) is 13.4. The summed E-state index contributed by atoms with van der Waals surface area (Å²) in [5.41, 5.74) is 4.72. The summed E-state index contributed by atoms with van der Waals surface area (Å²) in [7, 11) is 0. The van der Waals surface area contributed by atoms with Crippen LogP contribution in [-0.4, -0.2) is 14.5 Å². The van der Waals surface area contributed by atoms with E-state index in [2.05, 4.69) is 32.9 Å². The summed E-state index contributed by atoms with van der Waals surface area (Å²) in [6, 6.07) is 27.8. The minimum Gasteiger partial charge on any atom is -0.457 e. The molecule has 0 aliphatic heterocycles. The van der Waals surface area contributed by atoms with Gasteiger partial charge in [-0.15, -0.1) is 0 Å². The van der Waals surface area contributed by atoms with Gasteiger partial charge in [0.2, 0.25) is 0 Å². The molecule has 0 unspecified atom stereocenters. The van der Waals surface area contributed by atoms with E-state index in [1.54, 1.807) is 24.3 Å². The van der Waals surface area contributed by atoms with Gasteiger partial charge in [-0.1, -0.05) is 86.4 Å². The Morgan fingerprint density at radius 2 is 1.52 bits per heavy atom. The van der Waals surface area contributed by atoms with Gasteiger partial charge in [0.05, 0.1) is 15.6 Å². The highest BCUT2D eigenvalue weighted by Crippen LogP contribution is 2.31. The molecule has 8 heteroatoms. The summed E-state index contributed by atoms with van der Waals surface area (Å²) >= 11 is 12.6. The quantitative estimate of drug-likeness (QED) is 0.132. The molecule has 0 radical (unpaired) electrons. The molecule has 4 aromatic carbocycles. The molecular formula is C34H29Cl2N3O3. The van der Waals surface area contributed by atoms with E-state index < -0.39 is 4.92 Å². The molecule has 0 spiro atoms. The Bertz CT molecular complexity index is 1740. The van der Waals surface area contributed by atoms with E-state index in [4.69, 9.17) is 32.9 Å². The number of imidazole rings is 1. The van der Waals surface area contributed by atoms with E-state index in [-0.39, 0.29) is 11.1 Å². The van der Waals surface area contributed by atoms with Crippen molar-refractivity contribution in [3.63, 3.8) is 0 Å². The van der Waals surface area contributed by atoms with Crippen molar-refractivity contribution in [1.29, 1.82) is 0 Å². The second kappa shape index (κ2) is 12.2. The van der Waals surface area contributed by atoms with Crippen molar-refractivity contribution in [2.24, 2.45) is 0 Å². The normalized spacial score (nSPS) is 11.6. The van der Waals surface area contributed by atoms with Crippen molar-refractivity contribution >= 4 is 41.0 Å². The van der Waals surface area contributed by atoms with Gasteiger partial charge < -0.3 is 9.30 Å². The summed E-state index contributed by atoms with van der Waals surface area (Å²) < 4.78 is 8.02. The number of aromatic nitrogens is 2. The molecule has 5 rings (SSSR count). The molecule has 5 aromatic rings. The predicted octanol–water partition coefficient (Wildman–Crippen LogP) is 10.1. The molecule has 212 valence electrons. The highest BCUT2D eigenvalue weighted by molar-refractivity contribution is 6.36. The van der Waals surface area contributed by atoms with Gasteiger partial charge >= 0.3 is 0 Å². The zero-order valence-electron chi connectivity index (χ0n) is 23.4. The van der Waals surface area contributed by atoms with Gasteiger partial charge in [-0.05, 0) is 70.6 Å². The Hall–Kier alpha value is -4.39. The largest absolute Gasteiger partial charge is 0.457 e. The third-order valence-corrected chi connectivity index (χ3v) is 7.32. The lowest BCUT2D eigenvalue weighted by Crippen LogP contribution is -2.10. The summed E-state index contributed by atoms with van der Waals surface area (Å²) in [5.74, 6) is 2.23. The minimum absolute atomic E-state index is 0.0486. The number of hydrogen-bond acceptors (Lipinski definition) is 4. The van der Waals surface area contributed by atoms with Crippen LogP contribution < -0.4 is 4.74 Å². The zero-order valence-corrected chi connectivity index (χ0v) is 24.9. The number of nitrogens with zero attached hydrogens (tertiary/aromatic N) is 3. The third-order valence-electron chi connectivity index (χ3n) is 6.78. The van der Waals surface area contributed by atoms with Crippen LogP contribution in [-0.2, 0) is 12.0 Å². The van der Waals surface area contributed by atoms with Crippen LogP contribution >= 0.6 is 23.2 Å². The zero-order chi connectivity index (χ0) is 29.9.